The molecule has 4 nitrogen and oxygen atoms in total. The number of hydrogen-bond acceptors (Lipinski definition) is 4. The van der Waals surface area contributed by atoms with Crippen LogP contribution in [0.3, 0.4) is 0 Å². The number of nitrogens with two attached hydrogens (primary N) is 2. The lowest BCUT2D eigenvalue weighted by atomic mass is 9.74. The third-order valence-corrected chi connectivity index (χ3v) is 1.98. The fourth-order valence-electron chi connectivity index (χ4n) is 1.35. The predicted molar refractivity (Wildman–Crippen MR) is 52.1 cm³/mol. The fraction of sp³-hybridized carbons (Fsp3) is 0.250. The Bertz CT molecular complexity index is 269. The molecule has 0 atom stereocenters. The highest BCUT2D eigenvalue weighted by Crippen LogP contribution is 2.02. The molecule has 0 aliphatic rings. The van der Waals surface area contributed by atoms with E-state index >= 15 is 0 Å². The van der Waals surface area contributed by atoms with Crippen molar-refractivity contribution in [3.8, 4) is 0 Å². The maximum atomic E-state index is 9.09. The summed E-state index contributed by atoms with van der Waals surface area (Å²) in [6.45, 7) is 0.557. The molecule has 0 bridgehead atoms. The van der Waals surface area contributed by atoms with Gasteiger partial charge in [0, 0.05) is 13.1 Å². The van der Waals surface area contributed by atoms with E-state index in [2.05, 4.69) is 0 Å². The van der Waals surface area contributed by atoms with E-state index in [4.69, 9.17) is 21.5 Å². The van der Waals surface area contributed by atoms with Gasteiger partial charge in [-0.3, -0.25) is 0 Å². The summed E-state index contributed by atoms with van der Waals surface area (Å²) in [6.07, 6.45) is 0. The van der Waals surface area contributed by atoms with E-state index in [1.807, 2.05) is 0 Å². The molecule has 0 heterocycles. The lowest BCUT2D eigenvalue weighted by molar-refractivity contribution is 0.425. The van der Waals surface area contributed by atoms with E-state index in [-0.39, 0.29) is 13.1 Å². The van der Waals surface area contributed by atoms with E-state index in [1.54, 1.807) is 18.2 Å². The topological polar surface area (TPSA) is 92.5 Å². The molecule has 70 valence electrons. The smallest absolute Gasteiger partial charge is 0.423 e. The molecule has 0 fully saturated rings. The van der Waals surface area contributed by atoms with Crippen molar-refractivity contribution in [2.24, 2.45) is 11.5 Å². The normalized spacial score (nSPS) is 10.2. The number of rotatable bonds is 3. The average molecular weight is 180 g/mol. The number of benzene rings is 1. The van der Waals surface area contributed by atoms with Gasteiger partial charge in [-0.25, -0.2) is 0 Å². The maximum absolute atomic E-state index is 9.09. The second-order valence-electron chi connectivity index (χ2n) is 2.77. The van der Waals surface area contributed by atoms with Gasteiger partial charge >= 0.3 is 7.12 Å². The molecule has 0 radical (unpaired) electrons. The standard InChI is InChI=1S/C8H13BN2O2/c10-4-6-2-1-3-7(5-11)8(6)9(12)13/h1-3,12-13H,4-5,10-11H2. The summed E-state index contributed by atoms with van der Waals surface area (Å²) in [4.78, 5) is 0. The van der Waals surface area contributed by atoms with E-state index in [9.17, 15) is 0 Å². The van der Waals surface area contributed by atoms with Crippen molar-refractivity contribution >= 4 is 12.6 Å². The Balaban J connectivity index is 3.21. The van der Waals surface area contributed by atoms with Gasteiger partial charge < -0.3 is 21.5 Å². The van der Waals surface area contributed by atoms with E-state index in [0.29, 0.717) is 5.46 Å². The van der Waals surface area contributed by atoms with Gasteiger partial charge in [-0.15, -0.1) is 0 Å². The number of hydrogen-bond donors (Lipinski definition) is 4. The highest BCUT2D eigenvalue weighted by atomic mass is 16.4. The van der Waals surface area contributed by atoms with Gasteiger partial charge in [0.2, 0.25) is 0 Å². The Hall–Kier alpha value is -0.875. The first-order valence-electron chi connectivity index (χ1n) is 4.07. The predicted octanol–water partition coefficient (Wildman–Crippen LogP) is -1.72. The van der Waals surface area contributed by atoms with Gasteiger partial charge in [0.15, 0.2) is 0 Å². The molecule has 0 saturated heterocycles. The molecular formula is C8H13BN2O2. The van der Waals surface area contributed by atoms with Crippen LogP contribution in [-0.2, 0) is 13.1 Å². The van der Waals surface area contributed by atoms with Crippen molar-refractivity contribution in [3.05, 3.63) is 29.3 Å². The van der Waals surface area contributed by atoms with E-state index in [0.717, 1.165) is 11.1 Å². The van der Waals surface area contributed by atoms with Crippen LogP contribution >= 0.6 is 0 Å². The van der Waals surface area contributed by atoms with Gasteiger partial charge in [-0.1, -0.05) is 18.2 Å². The molecule has 5 heteroatoms. The van der Waals surface area contributed by atoms with Crippen molar-refractivity contribution in [1.29, 1.82) is 0 Å². The van der Waals surface area contributed by atoms with Crippen molar-refractivity contribution in [2.75, 3.05) is 0 Å². The Morgan fingerprint density at radius 3 is 1.85 bits per heavy atom. The minimum Gasteiger partial charge on any atom is -0.423 e. The Morgan fingerprint density at radius 1 is 1.08 bits per heavy atom. The molecule has 1 aromatic carbocycles. The van der Waals surface area contributed by atoms with Crippen LogP contribution in [-0.4, -0.2) is 17.2 Å². The quantitative estimate of drug-likeness (QED) is 0.416. The summed E-state index contributed by atoms with van der Waals surface area (Å²) in [5.41, 5.74) is 12.8. The molecule has 6 N–H and O–H groups in total. The summed E-state index contributed by atoms with van der Waals surface area (Å²) in [5, 5.41) is 18.2. The zero-order valence-electron chi connectivity index (χ0n) is 7.27. The second-order valence-corrected chi connectivity index (χ2v) is 2.77. The minimum absolute atomic E-state index is 0.279. The summed E-state index contributed by atoms with van der Waals surface area (Å²) in [6, 6.07) is 5.32. The van der Waals surface area contributed by atoms with E-state index in [1.165, 1.54) is 0 Å². The lowest BCUT2D eigenvalue weighted by Gasteiger charge is -2.11. The average Bonchev–Trinajstić information content (AvgIpc) is 2.16. The molecule has 0 unspecified atom stereocenters. The lowest BCUT2D eigenvalue weighted by Crippen LogP contribution is -2.37. The largest absolute Gasteiger partial charge is 0.489 e. The molecule has 1 aromatic rings. The van der Waals surface area contributed by atoms with Crippen LogP contribution in [0.5, 0.6) is 0 Å². The van der Waals surface area contributed by atoms with Gasteiger partial charge in [0.25, 0.3) is 0 Å². The summed E-state index contributed by atoms with van der Waals surface area (Å²) in [7, 11) is -1.50. The summed E-state index contributed by atoms with van der Waals surface area (Å²) < 4.78 is 0. The molecular weight excluding hydrogens is 167 g/mol. The van der Waals surface area contributed by atoms with Gasteiger partial charge in [0.05, 0.1) is 0 Å². The van der Waals surface area contributed by atoms with Crippen LogP contribution in [0.25, 0.3) is 0 Å². The van der Waals surface area contributed by atoms with Crippen molar-refractivity contribution in [2.45, 2.75) is 13.1 Å². The van der Waals surface area contributed by atoms with Gasteiger partial charge in [0.1, 0.15) is 0 Å². The zero-order chi connectivity index (χ0) is 9.84. The second kappa shape index (κ2) is 4.39. The molecule has 0 aliphatic heterocycles. The van der Waals surface area contributed by atoms with Crippen LogP contribution in [0.2, 0.25) is 0 Å². The van der Waals surface area contributed by atoms with Gasteiger partial charge in [-0.05, 0) is 16.6 Å². The van der Waals surface area contributed by atoms with Crippen LogP contribution < -0.4 is 16.9 Å². The first-order chi connectivity index (χ1) is 6.20. The van der Waals surface area contributed by atoms with Crippen molar-refractivity contribution < 1.29 is 10.0 Å². The molecule has 0 saturated carbocycles. The highest BCUT2D eigenvalue weighted by molar-refractivity contribution is 6.59. The Kier molecular flexibility index (Phi) is 3.44. The Labute approximate surface area is 77.3 Å². The third kappa shape index (κ3) is 2.08. The first kappa shape index (κ1) is 10.2. The third-order valence-electron chi connectivity index (χ3n) is 1.98. The summed E-state index contributed by atoms with van der Waals surface area (Å²) >= 11 is 0. The zero-order valence-corrected chi connectivity index (χ0v) is 7.27. The molecule has 13 heavy (non-hydrogen) atoms. The fourth-order valence-corrected chi connectivity index (χ4v) is 1.35. The highest BCUT2D eigenvalue weighted by Gasteiger charge is 2.18. The van der Waals surface area contributed by atoms with Crippen molar-refractivity contribution in [3.63, 3.8) is 0 Å². The molecule has 0 spiro atoms. The van der Waals surface area contributed by atoms with Gasteiger partial charge in [-0.2, -0.15) is 0 Å². The SMILES string of the molecule is NCc1cccc(CN)c1B(O)O. The van der Waals surface area contributed by atoms with Crippen LogP contribution in [0.4, 0.5) is 0 Å². The van der Waals surface area contributed by atoms with Crippen LogP contribution in [0.1, 0.15) is 11.1 Å². The molecule has 1 rings (SSSR count). The van der Waals surface area contributed by atoms with Crippen molar-refractivity contribution in [1.82, 2.24) is 0 Å². The minimum atomic E-state index is -1.50. The van der Waals surface area contributed by atoms with Crippen LogP contribution in [0.15, 0.2) is 18.2 Å². The Morgan fingerprint density at radius 2 is 1.54 bits per heavy atom. The molecule has 0 amide bonds. The maximum Gasteiger partial charge on any atom is 0.489 e. The monoisotopic (exact) mass is 180 g/mol. The van der Waals surface area contributed by atoms with Crippen LogP contribution in [0, 0.1) is 0 Å². The summed E-state index contributed by atoms with van der Waals surface area (Å²) in [5.74, 6) is 0. The first-order valence-corrected chi connectivity index (χ1v) is 4.07. The molecule has 0 aliphatic carbocycles. The molecule has 0 aromatic heterocycles. The van der Waals surface area contributed by atoms with E-state index < -0.39 is 7.12 Å².